The summed E-state index contributed by atoms with van der Waals surface area (Å²) in [5.41, 5.74) is 6.81. The van der Waals surface area contributed by atoms with Crippen LogP contribution in [0.5, 0.6) is 0 Å². The Bertz CT molecular complexity index is 504. The maximum absolute atomic E-state index is 3.52. The zero-order chi connectivity index (χ0) is 11.2. The molecule has 2 aromatic rings. The molecule has 1 aromatic heterocycles. The van der Waals surface area contributed by atoms with E-state index in [0.29, 0.717) is 5.92 Å². The molecule has 0 fully saturated rings. The maximum Gasteiger partial charge on any atom is 0.0496 e. The molecule has 0 aliphatic carbocycles. The third kappa shape index (κ3) is 1.46. The van der Waals surface area contributed by atoms with E-state index in [0.717, 1.165) is 0 Å². The van der Waals surface area contributed by atoms with Gasteiger partial charge in [-0.15, -0.1) is 0 Å². The van der Waals surface area contributed by atoms with Crippen LogP contribution in [-0.2, 0) is 0 Å². The summed E-state index contributed by atoms with van der Waals surface area (Å²) >= 11 is 0. The van der Waals surface area contributed by atoms with Crippen molar-refractivity contribution in [1.29, 1.82) is 0 Å². The van der Waals surface area contributed by atoms with E-state index in [1.165, 1.54) is 33.3 Å². The normalized spacial score (nSPS) is 11.6. The fraction of sp³-hybridized carbons (Fsp3) is 0.429. The van der Waals surface area contributed by atoms with E-state index in [-0.39, 0.29) is 0 Å². The molecule has 0 bridgehead atoms. The number of aryl methyl sites for hydroxylation is 3. The minimum Gasteiger partial charge on any atom is -0.358 e. The Morgan fingerprint density at radius 3 is 2.33 bits per heavy atom. The predicted octanol–water partition coefficient (Wildman–Crippen LogP) is 4.22. The number of nitrogens with one attached hydrogen (secondary N) is 1. The molecule has 1 N–H and O–H groups in total. The molecule has 1 nitrogen and oxygen atoms in total. The van der Waals surface area contributed by atoms with Gasteiger partial charge in [-0.05, 0) is 43.4 Å². The first-order valence-electron chi connectivity index (χ1n) is 5.60. The van der Waals surface area contributed by atoms with Gasteiger partial charge in [0.1, 0.15) is 0 Å². The van der Waals surface area contributed by atoms with Crippen molar-refractivity contribution < 1.29 is 0 Å². The summed E-state index contributed by atoms with van der Waals surface area (Å²) in [5.74, 6) is 0.575. The Hall–Kier alpha value is -1.24. The van der Waals surface area contributed by atoms with E-state index in [1.807, 2.05) is 0 Å². The molecule has 0 spiro atoms. The van der Waals surface area contributed by atoms with Gasteiger partial charge >= 0.3 is 0 Å². The lowest BCUT2D eigenvalue weighted by Gasteiger charge is -2.08. The highest BCUT2D eigenvalue weighted by Gasteiger charge is 2.12. The zero-order valence-corrected chi connectivity index (χ0v) is 10.2. The molecule has 1 aromatic carbocycles. The summed E-state index contributed by atoms with van der Waals surface area (Å²) in [6.07, 6.45) is 0. The average Bonchev–Trinajstić information content (AvgIpc) is 2.44. The highest BCUT2D eigenvalue weighted by Crippen LogP contribution is 2.30. The molecule has 0 atom stereocenters. The van der Waals surface area contributed by atoms with Gasteiger partial charge in [0.2, 0.25) is 0 Å². The van der Waals surface area contributed by atoms with Gasteiger partial charge in [0.25, 0.3) is 0 Å². The van der Waals surface area contributed by atoms with Crippen LogP contribution in [0.25, 0.3) is 10.9 Å². The molecule has 80 valence electrons. The first-order chi connectivity index (χ1) is 7.02. The van der Waals surface area contributed by atoms with Crippen LogP contribution in [0.15, 0.2) is 12.1 Å². The predicted molar refractivity (Wildman–Crippen MR) is 66.6 cm³/mol. The van der Waals surface area contributed by atoms with Gasteiger partial charge in [0.15, 0.2) is 0 Å². The molecule has 0 aliphatic heterocycles. The van der Waals surface area contributed by atoms with Crippen molar-refractivity contribution in [3.05, 3.63) is 34.5 Å². The largest absolute Gasteiger partial charge is 0.358 e. The van der Waals surface area contributed by atoms with Crippen molar-refractivity contribution in [1.82, 2.24) is 4.98 Å². The lowest BCUT2D eigenvalue weighted by Crippen LogP contribution is -1.90. The summed E-state index contributed by atoms with van der Waals surface area (Å²) in [7, 11) is 0. The minimum absolute atomic E-state index is 0.575. The van der Waals surface area contributed by atoms with E-state index in [1.54, 1.807) is 0 Å². The molecule has 2 rings (SSSR count). The Labute approximate surface area is 91.5 Å². The standard InChI is InChI=1S/C14H19N/c1-8(2)12-7-6-9(3)13-10(4)11(5)15-14(12)13/h6-8,15H,1-5H3. The Morgan fingerprint density at radius 1 is 1.07 bits per heavy atom. The number of benzene rings is 1. The fourth-order valence-corrected chi connectivity index (χ4v) is 2.29. The highest BCUT2D eigenvalue weighted by atomic mass is 14.7. The van der Waals surface area contributed by atoms with E-state index in [9.17, 15) is 0 Å². The molecule has 0 unspecified atom stereocenters. The van der Waals surface area contributed by atoms with Crippen LogP contribution in [0.2, 0.25) is 0 Å². The lowest BCUT2D eigenvalue weighted by molar-refractivity contribution is 0.873. The summed E-state index contributed by atoms with van der Waals surface area (Å²) in [6, 6.07) is 4.48. The fourth-order valence-electron chi connectivity index (χ4n) is 2.29. The topological polar surface area (TPSA) is 15.8 Å². The first-order valence-corrected chi connectivity index (χ1v) is 5.60. The van der Waals surface area contributed by atoms with Gasteiger partial charge in [-0.1, -0.05) is 26.0 Å². The molecular weight excluding hydrogens is 182 g/mol. The van der Waals surface area contributed by atoms with Gasteiger partial charge in [0.05, 0.1) is 0 Å². The minimum atomic E-state index is 0.575. The number of rotatable bonds is 1. The van der Waals surface area contributed by atoms with Gasteiger partial charge in [-0.3, -0.25) is 0 Å². The first kappa shape index (κ1) is 10.3. The molecule has 0 saturated heterocycles. The van der Waals surface area contributed by atoms with Crippen LogP contribution in [0.4, 0.5) is 0 Å². The summed E-state index contributed by atoms with van der Waals surface area (Å²) in [5, 5.41) is 1.42. The smallest absolute Gasteiger partial charge is 0.0496 e. The van der Waals surface area contributed by atoms with Gasteiger partial charge < -0.3 is 4.98 Å². The molecule has 0 aliphatic rings. The van der Waals surface area contributed by atoms with Gasteiger partial charge in [-0.2, -0.15) is 0 Å². The van der Waals surface area contributed by atoms with Crippen LogP contribution in [0.1, 0.15) is 42.1 Å². The van der Waals surface area contributed by atoms with Crippen molar-refractivity contribution in [2.75, 3.05) is 0 Å². The Balaban J connectivity index is 2.89. The third-order valence-electron chi connectivity index (χ3n) is 3.32. The van der Waals surface area contributed by atoms with Crippen molar-refractivity contribution in [2.24, 2.45) is 0 Å². The number of aromatic amines is 1. The van der Waals surface area contributed by atoms with Gasteiger partial charge in [-0.25, -0.2) is 0 Å². The second-order valence-corrected chi connectivity index (χ2v) is 4.75. The second-order valence-electron chi connectivity index (χ2n) is 4.75. The van der Waals surface area contributed by atoms with Gasteiger partial charge in [0, 0.05) is 16.6 Å². The van der Waals surface area contributed by atoms with Crippen LogP contribution in [-0.4, -0.2) is 4.98 Å². The second kappa shape index (κ2) is 3.41. The van der Waals surface area contributed by atoms with E-state index < -0.39 is 0 Å². The quantitative estimate of drug-likeness (QED) is 0.711. The van der Waals surface area contributed by atoms with E-state index in [2.05, 4.69) is 51.7 Å². The van der Waals surface area contributed by atoms with E-state index >= 15 is 0 Å². The van der Waals surface area contributed by atoms with Crippen molar-refractivity contribution in [3.8, 4) is 0 Å². The van der Waals surface area contributed by atoms with Crippen molar-refractivity contribution >= 4 is 10.9 Å². The summed E-state index contributed by atoms with van der Waals surface area (Å²) in [6.45, 7) is 11.0. The Kier molecular flexibility index (Phi) is 2.34. The van der Waals surface area contributed by atoms with Crippen LogP contribution >= 0.6 is 0 Å². The highest BCUT2D eigenvalue weighted by molar-refractivity contribution is 5.90. The number of aromatic nitrogens is 1. The summed E-state index contributed by atoms with van der Waals surface area (Å²) in [4.78, 5) is 3.52. The van der Waals surface area contributed by atoms with Crippen LogP contribution in [0, 0.1) is 20.8 Å². The number of fused-ring (bicyclic) bond motifs is 1. The Morgan fingerprint density at radius 2 is 1.73 bits per heavy atom. The van der Waals surface area contributed by atoms with Crippen molar-refractivity contribution in [2.45, 2.75) is 40.5 Å². The number of H-pyrrole nitrogens is 1. The van der Waals surface area contributed by atoms with E-state index in [4.69, 9.17) is 0 Å². The molecule has 1 heterocycles. The molecular formula is C14H19N. The van der Waals surface area contributed by atoms with Crippen LogP contribution in [0.3, 0.4) is 0 Å². The van der Waals surface area contributed by atoms with Crippen molar-refractivity contribution in [3.63, 3.8) is 0 Å². The maximum atomic E-state index is 3.52. The number of hydrogen-bond donors (Lipinski definition) is 1. The lowest BCUT2D eigenvalue weighted by atomic mass is 9.97. The molecule has 0 saturated carbocycles. The third-order valence-corrected chi connectivity index (χ3v) is 3.32. The zero-order valence-electron chi connectivity index (χ0n) is 10.2. The SMILES string of the molecule is Cc1[nH]c2c(C(C)C)ccc(C)c2c1C. The monoisotopic (exact) mass is 201 g/mol. The molecule has 0 amide bonds. The molecule has 0 radical (unpaired) electrons. The molecule has 1 heteroatoms. The van der Waals surface area contributed by atoms with Crippen LogP contribution < -0.4 is 0 Å². The molecule has 15 heavy (non-hydrogen) atoms. The summed E-state index contributed by atoms with van der Waals surface area (Å²) < 4.78 is 0. The number of hydrogen-bond acceptors (Lipinski definition) is 0. The average molecular weight is 201 g/mol.